The minimum absolute atomic E-state index is 0.115. The number of benzene rings is 2. The number of thioether (sulfide) groups is 1. The Balaban J connectivity index is 1.58. The van der Waals surface area contributed by atoms with Crippen molar-refractivity contribution in [1.82, 2.24) is 21.3 Å². The van der Waals surface area contributed by atoms with Gasteiger partial charge in [0.05, 0.1) is 11.4 Å². The van der Waals surface area contributed by atoms with Crippen molar-refractivity contribution in [1.29, 1.82) is 0 Å². The number of aliphatic carboxylic acids is 1. The van der Waals surface area contributed by atoms with E-state index in [1.165, 1.54) is 12.1 Å². The van der Waals surface area contributed by atoms with Crippen molar-refractivity contribution in [2.45, 2.75) is 46.8 Å². The summed E-state index contributed by atoms with van der Waals surface area (Å²) in [5.41, 5.74) is 0.796. The molecule has 5 N–H and O–H groups in total. The van der Waals surface area contributed by atoms with Crippen molar-refractivity contribution < 1.29 is 27.9 Å². The Morgan fingerprint density at radius 2 is 1.72 bits per heavy atom. The topological polar surface area (TPSA) is 154 Å². The van der Waals surface area contributed by atoms with Gasteiger partial charge in [-0.3, -0.25) is 10.1 Å². The van der Waals surface area contributed by atoms with E-state index in [0.29, 0.717) is 5.02 Å². The number of sulfone groups is 1. The Bertz CT molecular complexity index is 1210. The Morgan fingerprint density at radius 1 is 1.08 bits per heavy atom. The first-order valence-electron chi connectivity index (χ1n) is 10.9. The van der Waals surface area contributed by atoms with Gasteiger partial charge in [0.25, 0.3) is 0 Å². The third-order valence-corrected chi connectivity index (χ3v) is 9.60. The first kappa shape index (κ1) is 27.8. The second-order valence-electron chi connectivity index (χ2n) is 8.60. The van der Waals surface area contributed by atoms with Gasteiger partial charge in [-0.05, 0) is 43.7 Å². The Morgan fingerprint density at radius 3 is 2.33 bits per heavy atom. The molecule has 3 atom stereocenters. The van der Waals surface area contributed by atoms with Crippen LogP contribution in [0, 0.1) is 0 Å². The van der Waals surface area contributed by atoms with E-state index in [0.717, 1.165) is 17.3 Å². The maximum absolute atomic E-state index is 13.0. The van der Waals surface area contributed by atoms with Gasteiger partial charge in [-0.25, -0.2) is 18.0 Å². The Hall–Kier alpha value is -2.80. The van der Waals surface area contributed by atoms with E-state index in [1.807, 2.05) is 0 Å². The second kappa shape index (κ2) is 11.5. The molecule has 1 saturated heterocycles. The van der Waals surface area contributed by atoms with Crippen molar-refractivity contribution >= 4 is 51.1 Å². The van der Waals surface area contributed by atoms with Crippen LogP contribution < -0.4 is 21.3 Å². The summed E-state index contributed by atoms with van der Waals surface area (Å²) in [6.45, 7) is 3.22. The Kier molecular flexibility index (Phi) is 8.88. The fourth-order valence-electron chi connectivity index (χ4n) is 3.49. The first-order chi connectivity index (χ1) is 16.9. The Labute approximate surface area is 218 Å². The largest absolute Gasteiger partial charge is 0.480 e. The van der Waals surface area contributed by atoms with Crippen LogP contribution >= 0.6 is 23.4 Å². The zero-order valence-electron chi connectivity index (χ0n) is 19.5. The lowest BCUT2D eigenvalue weighted by Crippen LogP contribution is -2.57. The summed E-state index contributed by atoms with van der Waals surface area (Å²) in [6.07, 6.45) is 0. The molecule has 3 amide bonds. The number of hydrogen-bond donors (Lipinski definition) is 5. The molecule has 2 aromatic rings. The lowest BCUT2D eigenvalue weighted by molar-refractivity contribution is -0.142. The molecule has 0 saturated carbocycles. The summed E-state index contributed by atoms with van der Waals surface area (Å²) >= 11 is 6.90. The van der Waals surface area contributed by atoms with Gasteiger partial charge in [-0.2, -0.15) is 0 Å². The molecule has 1 heterocycles. The van der Waals surface area contributed by atoms with E-state index >= 15 is 0 Å². The number of carboxylic acid groups (broad SMARTS) is 1. The highest BCUT2D eigenvalue weighted by molar-refractivity contribution is 8.14. The molecule has 0 aliphatic carbocycles. The summed E-state index contributed by atoms with van der Waals surface area (Å²) in [4.78, 5) is 36.9. The molecule has 2 aromatic carbocycles. The highest BCUT2D eigenvalue weighted by Gasteiger charge is 2.50. The summed E-state index contributed by atoms with van der Waals surface area (Å²) < 4.78 is 24.1. The van der Waals surface area contributed by atoms with E-state index in [1.54, 1.807) is 56.3 Å². The molecule has 1 aliphatic rings. The highest BCUT2D eigenvalue weighted by Crippen LogP contribution is 2.41. The molecule has 194 valence electrons. The van der Waals surface area contributed by atoms with E-state index in [4.69, 9.17) is 11.6 Å². The van der Waals surface area contributed by atoms with Crippen LogP contribution in [0.5, 0.6) is 0 Å². The molecule has 0 aromatic heterocycles. The molecule has 10 nitrogen and oxygen atoms in total. The smallest absolute Gasteiger partial charge is 0.328 e. The van der Waals surface area contributed by atoms with E-state index in [9.17, 15) is 27.9 Å². The molecular weight excluding hydrogens is 528 g/mol. The van der Waals surface area contributed by atoms with Crippen LogP contribution in [0.2, 0.25) is 5.02 Å². The molecule has 3 unspecified atom stereocenters. The van der Waals surface area contributed by atoms with Crippen molar-refractivity contribution in [2.75, 3.05) is 6.54 Å². The number of amides is 3. The third-order valence-electron chi connectivity index (χ3n) is 5.47. The van der Waals surface area contributed by atoms with E-state index in [2.05, 4.69) is 21.3 Å². The standard InChI is InChI=1S/C23H27ClN4O6S2/c1-23(2)18(28-22(35-23)36(33,34)16-6-4-3-5-7-16)19(29)27-17(20(30)31)13-26-21(32)25-12-14-8-10-15(24)11-9-14/h3-11,17-18,22,28H,12-13H2,1-2H3,(H,27,29)(H,30,31)(H2,25,26,32). The molecular formula is C23H27ClN4O6S2. The average Bonchev–Trinajstić information content (AvgIpc) is 3.17. The van der Waals surface area contributed by atoms with E-state index < -0.39 is 49.3 Å². The zero-order chi connectivity index (χ0) is 26.5. The van der Waals surface area contributed by atoms with E-state index in [-0.39, 0.29) is 18.0 Å². The van der Waals surface area contributed by atoms with Gasteiger partial charge in [-0.15, -0.1) is 11.8 Å². The van der Waals surface area contributed by atoms with Crippen LogP contribution in [0.1, 0.15) is 19.4 Å². The van der Waals surface area contributed by atoms with Gasteiger partial charge in [0.15, 0.2) is 4.71 Å². The summed E-state index contributed by atoms with van der Waals surface area (Å²) in [6, 6.07) is 11.7. The van der Waals surface area contributed by atoms with Crippen molar-refractivity contribution in [3.05, 3.63) is 65.2 Å². The van der Waals surface area contributed by atoms with Crippen LogP contribution in [0.3, 0.4) is 0 Å². The van der Waals surface area contributed by atoms with Gasteiger partial charge in [0.2, 0.25) is 15.7 Å². The second-order valence-corrected chi connectivity index (χ2v) is 13.1. The number of carbonyl (C=O) groups is 3. The minimum Gasteiger partial charge on any atom is -0.480 e. The molecule has 0 spiro atoms. The number of halogens is 1. The maximum atomic E-state index is 13.0. The van der Waals surface area contributed by atoms with Crippen LogP contribution in [0.25, 0.3) is 0 Å². The fraction of sp³-hybridized carbons (Fsp3) is 0.348. The molecule has 36 heavy (non-hydrogen) atoms. The van der Waals surface area contributed by atoms with Gasteiger partial charge in [0, 0.05) is 16.3 Å². The van der Waals surface area contributed by atoms with Crippen LogP contribution in [0.4, 0.5) is 4.79 Å². The van der Waals surface area contributed by atoms with Gasteiger partial charge in [0.1, 0.15) is 12.1 Å². The molecule has 0 radical (unpaired) electrons. The van der Waals surface area contributed by atoms with Gasteiger partial charge >= 0.3 is 12.0 Å². The van der Waals surface area contributed by atoms with Crippen molar-refractivity contribution in [3.8, 4) is 0 Å². The molecule has 1 aliphatic heterocycles. The quantitative estimate of drug-likeness (QED) is 0.315. The van der Waals surface area contributed by atoms with Gasteiger partial charge in [-0.1, -0.05) is 41.9 Å². The summed E-state index contributed by atoms with van der Waals surface area (Å²) in [7, 11) is -3.79. The number of hydrogen-bond acceptors (Lipinski definition) is 7. The predicted molar refractivity (Wildman–Crippen MR) is 137 cm³/mol. The number of urea groups is 1. The van der Waals surface area contributed by atoms with Crippen LogP contribution in [-0.4, -0.2) is 59.5 Å². The lowest BCUT2D eigenvalue weighted by Gasteiger charge is -2.25. The molecule has 3 rings (SSSR count). The zero-order valence-corrected chi connectivity index (χ0v) is 21.9. The van der Waals surface area contributed by atoms with Crippen molar-refractivity contribution in [3.63, 3.8) is 0 Å². The normalized spacial score (nSPS) is 19.8. The maximum Gasteiger partial charge on any atom is 0.328 e. The highest BCUT2D eigenvalue weighted by atomic mass is 35.5. The lowest BCUT2D eigenvalue weighted by atomic mass is 10.0. The number of nitrogens with one attached hydrogen (secondary N) is 4. The third kappa shape index (κ3) is 6.90. The SMILES string of the molecule is CC1(C)SC(S(=O)(=O)c2ccccc2)NC1C(=O)NC(CNC(=O)NCc1ccc(Cl)cc1)C(=O)O. The average molecular weight is 555 g/mol. The molecule has 13 heteroatoms. The number of rotatable bonds is 9. The molecule has 0 bridgehead atoms. The van der Waals surface area contributed by atoms with Crippen LogP contribution in [-0.2, 0) is 26.0 Å². The number of carbonyl (C=O) groups excluding carboxylic acids is 2. The summed E-state index contributed by atoms with van der Waals surface area (Å²) in [5.74, 6) is -2.03. The number of carboxylic acids is 1. The fourth-order valence-corrected chi connectivity index (χ4v) is 7.37. The van der Waals surface area contributed by atoms with Gasteiger partial charge < -0.3 is 21.1 Å². The monoisotopic (exact) mass is 554 g/mol. The molecule has 1 fully saturated rings. The first-order valence-corrected chi connectivity index (χ1v) is 13.7. The minimum atomic E-state index is -3.79. The van der Waals surface area contributed by atoms with Crippen LogP contribution in [0.15, 0.2) is 59.5 Å². The van der Waals surface area contributed by atoms with Crippen molar-refractivity contribution in [2.24, 2.45) is 0 Å². The summed E-state index contributed by atoms with van der Waals surface area (Å²) in [5, 5.41) is 20.4. The predicted octanol–water partition coefficient (Wildman–Crippen LogP) is 1.95.